The van der Waals surface area contributed by atoms with E-state index in [1.165, 1.54) is 21.8 Å². The largest absolute Gasteiger partial charge is 0.495 e. The van der Waals surface area contributed by atoms with Gasteiger partial charge in [0, 0.05) is 18.0 Å². The quantitative estimate of drug-likeness (QED) is 0.488. The van der Waals surface area contributed by atoms with Crippen molar-refractivity contribution in [1.82, 2.24) is 4.90 Å². The molecule has 0 bridgehead atoms. The Morgan fingerprint density at radius 3 is 2.33 bits per heavy atom. The number of ether oxygens (including phenoxy) is 1. The van der Waals surface area contributed by atoms with Crippen LogP contribution in [0.25, 0.3) is 5.57 Å². The maximum Gasteiger partial charge on any atom is 0.282 e. The molecule has 168 valence electrons. The van der Waals surface area contributed by atoms with Gasteiger partial charge in [-0.1, -0.05) is 48.5 Å². The third kappa shape index (κ3) is 4.07. The Bertz CT molecular complexity index is 1180. The molecule has 1 fully saturated rings. The number of hydrogen-bond donors (Lipinski definition) is 0. The smallest absolute Gasteiger partial charge is 0.282 e. The number of rotatable bonds is 6. The Morgan fingerprint density at radius 1 is 0.909 bits per heavy atom. The first-order valence-corrected chi connectivity index (χ1v) is 12.1. The minimum Gasteiger partial charge on any atom is -0.495 e. The van der Waals surface area contributed by atoms with E-state index in [0.29, 0.717) is 28.6 Å². The van der Waals surface area contributed by atoms with E-state index in [1.807, 2.05) is 35.7 Å². The average molecular weight is 459 g/mol. The first kappa shape index (κ1) is 21.5. The van der Waals surface area contributed by atoms with Gasteiger partial charge in [-0.25, -0.2) is 4.90 Å². The summed E-state index contributed by atoms with van der Waals surface area (Å²) in [6.45, 7) is 1.53. The molecule has 2 aliphatic heterocycles. The summed E-state index contributed by atoms with van der Waals surface area (Å²) in [5.74, 6) is 0.530. The van der Waals surface area contributed by atoms with Gasteiger partial charge in [0.25, 0.3) is 11.8 Å². The number of anilines is 1. The number of nitrogens with zero attached hydrogens (tertiary/aromatic N) is 2. The van der Waals surface area contributed by atoms with E-state index < -0.39 is 0 Å². The number of imide groups is 1. The summed E-state index contributed by atoms with van der Waals surface area (Å²) in [5, 5.41) is 1.94. The van der Waals surface area contributed by atoms with Crippen LogP contribution in [0.3, 0.4) is 0 Å². The molecule has 2 aliphatic rings. The summed E-state index contributed by atoms with van der Waals surface area (Å²) < 4.78 is 5.46. The Balaban J connectivity index is 1.43. The number of piperidine rings is 1. The minimum absolute atomic E-state index is 0.269. The van der Waals surface area contributed by atoms with Gasteiger partial charge in [-0.05, 0) is 54.3 Å². The molecule has 2 amide bonds. The van der Waals surface area contributed by atoms with Crippen LogP contribution in [0.4, 0.5) is 5.69 Å². The zero-order chi connectivity index (χ0) is 22.8. The van der Waals surface area contributed by atoms with Gasteiger partial charge in [0.1, 0.15) is 11.4 Å². The molecule has 0 aliphatic carbocycles. The van der Waals surface area contributed by atoms with Crippen molar-refractivity contribution in [3.63, 3.8) is 0 Å². The number of carbonyl (C=O) groups excluding carboxylic acids is 2. The van der Waals surface area contributed by atoms with Crippen LogP contribution in [0.5, 0.6) is 5.75 Å². The second-order valence-corrected chi connectivity index (χ2v) is 9.39. The van der Waals surface area contributed by atoms with Crippen LogP contribution in [0.2, 0.25) is 0 Å². The van der Waals surface area contributed by atoms with Crippen molar-refractivity contribution in [2.45, 2.75) is 19.3 Å². The highest BCUT2D eigenvalue weighted by Gasteiger charge is 2.44. The topological polar surface area (TPSA) is 49.9 Å². The molecular formula is C27H26N2O3S. The highest BCUT2D eigenvalue weighted by molar-refractivity contribution is 7.11. The van der Waals surface area contributed by atoms with Crippen molar-refractivity contribution in [2.24, 2.45) is 5.92 Å². The van der Waals surface area contributed by atoms with Gasteiger partial charge in [0.2, 0.25) is 0 Å². The highest BCUT2D eigenvalue weighted by Crippen LogP contribution is 2.40. The fourth-order valence-corrected chi connectivity index (χ4v) is 5.56. The standard InChI is InChI=1S/C27H26N2O3S/c1-32-22-11-6-5-10-21(22)29-26(30)24(23-12-7-17-33-23)25(27(29)31)28-15-13-20(14-16-28)18-19-8-3-2-4-9-19/h2-12,17,20H,13-16,18H2,1H3. The molecule has 1 saturated heterocycles. The molecule has 0 spiro atoms. The summed E-state index contributed by atoms with van der Waals surface area (Å²) in [6, 6.07) is 21.6. The fourth-order valence-electron chi connectivity index (χ4n) is 4.80. The number of para-hydroxylation sites is 2. The number of hydrogen-bond acceptors (Lipinski definition) is 5. The van der Waals surface area contributed by atoms with Crippen LogP contribution in [0.15, 0.2) is 77.8 Å². The van der Waals surface area contributed by atoms with Gasteiger partial charge in [-0.2, -0.15) is 0 Å². The van der Waals surface area contributed by atoms with Gasteiger partial charge < -0.3 is 9.64 Å². The Labute approximate surface area is 197 Å². The molecule has 5 nitrogen and oxygen atoms in total. The predicted octanol–water partition coefficient (Wildman–Crippen LogP) is 5.00. The second-order valence-electron chi connectivity index (χ2n) is 8.44. The summed E-state index contributed by atoms with van der Waals surface area (Å²) in [7, 11) is 1.55. The maximum atomic E-state index is 13.7. The SMILES string of the molecule is COc1ccccc1N1C(=O)C(c2cccs2)=C(N2CCC(Cc3ccccc3)CC2)C1=O. The molecule has 0 atom stereocenters. The van der Waals surface area contributed by atoms with Gasteiger partial charge >= 0.3 is 0 Å². The number of likely N-dealkylation sites (tertiary alicyclic amines) is 1. The Morgan fingerprint density at radius 2 is 1.64 bits per heavy atom. The number of methoxy groups -OCH3 is 1. The van der Waals surface area contributed by atoms with Crippen molar-refractivity contribution in [2.75, 3.05) is 25.1 Å². The highest BCUT2D eigenvalue weighted by atomic mass is 32.1. The lowest BCUT2D eigenvalue weighted by Gasteiger charge is -2.34. The maximum absolute atomic E-state index is 13.7. The molecule has 0 radical (unpaired) electrons. The van der Waals surface area contributed by atoms with Gasteiger partial charge in [0.15, 0.2) is 0 Å². The molecule has 0 N–H and O–H groups in total. The average Bonchev–Trinajstić information content (AvgIpc) is 3.46. The summed E-state index contributed by atoms with van der Waals surface area (Å²) in [6.07, 6.45) is 3.03. The summed E-state index contributed by atoms with van der Waals surface area (Å²) in [4.78, 5) is 31.6. The normalized spacial score (nSPS) is 17.2. The van der Waals surface area contributed by atoms with E-state index in [-0.39, 0.29) is 11.8 Å². The molecule has 5 rings (SSSR count). The first-order chi connectivity index (χ1) is 16.2. The van der Waals surface area contributed by atoms with E-state index in [2.05, 4.69) is 29.2 Å². The number of benzene rings is 2. The van der Waals surface area contributed by atoms with Crippen LogP contribution < -0.4 is 9.64 Å². The molecule has 2 aromatic carbocycles. The van der Waals surface area contributed by atoms with Crippen molar-refractivity contribution >= 4 is 34.4 Å². The third-order valence-corrected chi connectivity index (χ3v) is 7.34. The lowest BCUT2D eigenvalue weighted by molar-refractivity contribution is -0.120. The van der Waals surface area contributed by atoms with E-state index in [1.54, 1.807) is 19.2 Å². The van der Waals surface area contributed by atoms with Crippen LogP contribution in [-0.2, 0) is 16.0 Å². The van der Waals surface area contributed by atoms with Crippen LogP contribution in [0, 0.1) is 5.92 Å². The zero-order valence-electron chi connectivity index (χ0n) is 18.6. The monoisotopic (exact) mass is 458 g/mol. The number of thiophene rings is 1. The van der Waals surface area contributed by atoms with E-state index in [4.69, 9.17) is 4.74 Å². The van der Waals surface area contributed by atoms with Crippen LogP contribution in [0.1, 0.15) is 23.3 Å². The lowest BCUT2D eigenvalue weighted by Crippen LogP contribution is -2.39. The van der Waals surface area contributed by atoms with Gasteiger partial charge in [0.05, 0.1) is 18.4 Å². The van der Waals surface area contributed by atoms with Gasteiger partial charge in [-0.3, -0.25) is 9.59 Å². The lowest BCUT2D eigenvalue weighted by atomic mass is 9.90. The number of amides is 2. The Kier molecular flexibility index (Phi) is 6.01. The second kappa shape index (κ2) is 9.24. The van der Waals surface area contributed by atoms with E-state index >= 15 is 0 Å². The summed E-state index contributed by atoms with van der Waals surface area (Å²) >= 11 is 1.49. The third-order valence-electron chi connectivity index (χ3n) is 6.45. The predicted molar refractivity (Wildman–Crippen MR) is 131 cm³/mol. The fraction of sp³-hybridized carbons (Fsp3) is 0.259. The molecule has 0 unspecified atom stereocenters. The van der Waals surface area contributed by atoms with Gasteiger partial charge in [-0.15, -0.1) is 11.3 Å². The molecule has 6 heteroatoms. The number of carbonyl (C=O) groups is 2. The Hall–Kier alpha value is -3.38. The molecule has 3 aromatic rings. The van der Waals surface area contributed by atoms with Crippen LogP contribution in [-0.4, -0.2) is 36.9 Å². The molecule has 0 saturated carbocycles. The zero-order valence-corrected chi connectivity index (χ0v) is 19.4. The minimum atomic E-state index is -0.284. The molecule has 3 heterocycles. The van der Waals surface area contributed by atoms with Crippen molar-refractivity contribution in [1.29, 1.82) is 0 Å². The molecule has 1 aromatic heterocycles. The summed E-state index contributed by atoms with van der Waals surface area (Å²) in [5.41, 5.74) is 2.86. The van der Waals surface area contributed by atoms with Crippen LogP contribution >= 0.6 is 11.3 Å². The van der Waals surface area contributed by atoms with E-state index in [0.717, 1.165) is 37.2 Å². The first-order valence-electron chi connectivity index (χ1n) is 11.3. The van der Waals surface area contributed by atoms with Crippen molar-refractivity contribution < 1.29 is 14.3 Å². The van der Waals surface area contributed by atoms with E-state index in [9.17, 15) is 9.59 Å². The van der Waals surface area contributed by atoms with Crippen molar-refractivity contribution in [3.05, 3.63) is 88.2 Å². The molecular weight excluding hydrogens is 432 g/mol. The van der Waals surface area contributed by atoms with Crippen molar-refractivity contribution in [3.8, 4) is 5.75 Å². The molecule has 33 heavy (non-hydrogen) atoms.